The summed E-state index contributed by atoms with van der Waals surface area (Å²) < 4.78 is 0. The fourth-order valence-corrected chi connectivity index (χ4v) is 3.72. The molecule has 6 heteroatoms. The molecule has 1 fully saturated rings. The minimum absolute atomic E-state index is 0.0470. The number of thioether (sulfide) groups is 1. The van der Waals surface area contributed by atoms with Crippen LogP contribution in [0.3, 0.4) is 0 Å². The summed E-state index contributed by atoms with van der Waals surface area (Å²) in [7, 11) is 0. The smallest absolute Gasteiger partial charge is 0.209 e. The van der Waals surface area contributed by atoms with Crippen LogP contribution in [0, 0.1) is 0 Å². The first-order valence-corrected chi connectivity index (χ1v) is 7.74. The van der Waals surface area contributed by atoms with E-state index in [0.29, 0.717) is 17.4 Å². The van der Waals surface area contributed by atoms with Crippen LogP contribution in [0.2, 0.25) is 0 Å². The molecule has 0 amide bonds. The molecule has 0 radical (unpaired) electrons. The number of aromatic amines is 1. The Kier molecular flexibility index (Phi) is 3.47. The number of H-pyrrole nitrogens is 1. The number of ketones is 1. The van der Waals surface area contributed by atoms with Crippen LogP contribution in [0.5, 0.6) is 0 Å². The Hall–Kier alpha value is -1.14. The van der Waals surface area contributed by atoms with Crippen molar-refractivity contribution >= 4 is 28.9 Å². The van der Waals surface area contributed by atoms with Crippen molar-refractivity contribution in [3.05, 3.63) is 17.5 Å². The normalized spacial score (nSPS) is 20.2. The van der Waals surface area contributed by atoms with E-state index in [1.807, 2.05) is 17.5 Å². The predicted molar refractivity (Wildman–Crippen MR) is 72.8 cm³/mol. The van der Waals surface area contributed by atoms with Crippen LogP contribution >= 0.6 is 23.1 Å². The van der Waals surface area contributed by atoms with Gasteiger partial charge in [-0.25, -0.2) is 4.98 Å². The Labute approximate surface area is 113 Å². The lowest BCUT2D eigenvalue weighted by Crippen LogP contribution is -2.21. The lowest BCUT2D eigenvalue weighted by Gasteiger charge is -2.17. The quantitative estimate of drug-likeness (QED) is 0.937. The minimum atomic E-state index is 0.0470. The molecule has 2 heterocycles. The molecule has 2 aromatic heterocycles. The van der Waals surface area contributed by atoms with Crippen LogP contribution in [0.1, 0.15) is 25.7 Å². The standard InChI is InChI=1S/C12H13N3OS2/c16-8-4-1-2-5-9(8)18-12-13-11(14-15-12)10-6-3-7-17-10/h3,6-7,9H,1-2,4-5H2,(H,13,14,15)/t9-/m0/s1. The molecule has 0 aliphatic heterocycles. The summed E-state index contributed by atoms with van der Waals surface area (Å²) in [5, 5.41) is 9.85. The SMILES string of the molecule is O=C1CCCC[C@@H]1Sc1n[nH]c(-c2cccs2)n1. The number of nitrogens with one attached hydrogen (secondary N) is 1. The van der Waals surface area contributed by atoms with E-state index >= 15 is 0 Å². The predicted octanol–water partition coefficient (Wildman–Crippen LogP) is 3.14. The van der Waals surface area contributed by atoms with Crippen molar-refractivity contribution in [2.24, 2.45) is 0 Å². The number of nitrogens with zero attached hydrogens (tertiary/aromatic N) is 2. The van der Waals surface area contributed by atoms with Crippen LogP contribution in [-0.4, -0.2) is 26.2 Å². The zero-order chi connectivity index (χ0) is 12.4. The first-order valence-electron chi connectivity index (χ1n) is 5.98. The van der Waals surface area contributed by atoms with Crippen LogP contribution in [0.4, 0.5) is 0 Å². The molecule has 4 nitrogen and oxygen atoms in total. The van der Waals surface area contributed by atoms with Crippen molar-refractivity contribution in [1.82, 2.24) is 15.2 Å². The van der Waals surface area contributed by atoms with Crippen LogP contribution in [0.15, 0.2) is 22.7 Å². The van der Waals surface area contributed by atoms with Gasteiger partial charge in [0.15, 0.2) is 5.82 Å². The maximum absolute atomic E-state index is 11.7. The maximum Gasteiger partial charge on any atom is 0.209 e. The largest absolute Gasteiger partial charge is 0.298 e. The van der Waals surface area contributed by atoms with E-state index in [9.17, 15) is 4.79 Å². The highest BCUT2D eigenvalue weighted by Crippen LogP contribution is 2.31. The molecule has 94 valence electrons. The highest BCUT2D eigenvalue weighted by molar-refractivity contribution is 8.00. The van der Waals surface area contributed by atoms with Crippen molar-refractivity contribution in [2.75, 3.05) is 0 Å². The second kappa shape index (κ2) is 5.24. The van der Waals surface area contributed by atoms with Gasteiger partial charge in [0.05, 0.1) is 10.1 Å². The molecular formula is C12H13N3OS2. The summed E-state index contributed by atoms with van der Waals surface area (Å²) in [6.45, 7) is 0. The molecular weight excluding hydrogens is 266 g/mol. The van der Waals surface area contributed by atoms with Gasteiger partial charge < -0.3 is 0 Å². The Morgan fingerprint density at radius 2 is 2.39 bits per heavy atom. The summed E-state index contributed by atoms with van der Waals surface area (Å²) in [5.74, 6) is 1.13. The van der Waals surface area contributed by atoms with Crippen molar-refractivity contribution in [2.45, 2.75) is 36.1 Å². The second-order valence-corrected chi connectivity index (χ2v) is 6.38. The molecule has 1 aliphatic carbocycles. The van der Waals surface area contributed by atoms with Gasteiger partial charge in [-0.3, -0.25) is 9.89 Å². The molecule has 1 atom stereocenters. The zero-order valence-electron chi connectivity index (χ0n) is 9.76. The molecule has 0 saturated heterocycles. The average Bonchev–Trinajstić information content (AvgIpc) is 3.02. The Balaban J connectivity index is 1.72. The fourth-order valence-electron chi connectivity index (χ4n) is 2.03. The van der Waals surface area contributed by atoms with Gasteiger partial charge in [0.1, 0.15) is 5.78 Å². The highest BCUT2D eigenvalue weighted by Gasteiger charge is 2.24. The van der Waals surface area contributed by atoms with E-state index in [0.717, 1.165) is 30.0 Å². The third-order valence-corrected chi connectivity index (χ3v) is 5.02. The number of hydrogen-bond donors (Lipinski definition) is 1. The number of rotatable bonds is 3. The number of hydrogen-bond acceptors (Lipinski definition) is 5. The van der Waals surface area contributed by atoms with Crippen molar-refractivity contribution in [3.63, 3.8) is 0 Å². The number of Topliss-reactive ketones (excluding diaryl/α,β-unsaturated/α-hetero) is 1. The van der Waals surface area contributed by atoms with Crippen LogP contribution in [0.25, 0.3) is 10.7 Å². The van der Waals surface area contributed by atoms with Gasteiger partial charge in [-0.15, -0.1) is 16.4 Å². The number of aromatic nitrogens is 3. The third kappa shape index (κ3) is 2.49. The molecule has 2 aromatic rings. The van der Waals surface area contributed by atoms with E-state index < -0.39 is 0 Å². The molecule has 0 aromatic carbocycles. The van der Waals surface area contributed by atoms with E-state index in [1.54, 1.807) is 11.3 Å². The molecule has 3 rings (SSSR count). The fraction of sp³-hybridized carbons (Fsp3) is 0.417. The molecule has 0 bridgehead atoms. The molecule has 18 heavy (non-hydrogen) atoms. The van der Waals surface area contributed by atoms with Crippen LogP contribution in [-0.2, 0) is 4.79 Å². The summed E-state index contributed by atoms with van der Waals surface area (Å²) in [5.41, 5.74) is 0. The summed E-state index contributed by atoms with van der Waals surface area (Å²) in [6, 6.07) is 3.99. The number of carbonyl (C=O) groups excluding carboxylic acids is 1. The Morgan fingerprint density at radius 1 is 1.44 bits per heavy atom. The molecule has 0 spiro atoms. The van der Waals surface area contributed by atoms with Gasteiger partial charge in [0.25, 0.3) is 0 Å². The van der Waals surface area contributed by atoms with Gasteiger partial charge in [0.2, 0.25) is 5.16 Å². The van der Waals surface area contributed by atoms with Gasteiger partial charge in [-0.2, -0.15) is 0 Å². The summed E-state index contributed by atoms with van der Waals surface area (Å²) in [4.78, 5) is 17.3. The first-order chi connectivity index (χ1) is 8.83. The van der Waals surface area contributed by atoms with Gasteiger partial charge >= 0.3 is 0 Å². The van der Waals surface area contributed by atoms with Crippen molar-refractivity contribution < 1.29 is 4.79 Å². The lowest BCUT2D eigenvalue weighted by atomic mass is 9.99. The molecule has 1 N–H and O–H groups in total. The summed E-state index contributed by atoms with van der Waals surface area (Å²) >= 11 is 3.12. The number of thiophene rings is 1. The first kappa shape index (κ1) is 11.9. The molecule has 1 saturated carbocycles. The van der Waals surface area contributed by atoms with E-state index in [1.165, 1.54) is 11.8 Å². The van der Waals surface area contributed by atoms with Crippen molar-refractivity contribution in [3.8, 4) is 10.7 Å². The van der Waals surface area contributed by atoms with Crippen molar-refractivity contribution in [1.29, 1.82) is 0 Å². The van der Waals surface area contributed by atoms with E-state index in [-0.39, 0.29) is 5.25 Å². The maximum atomic E-state index is 11.7. The second-order valence-electron chi connectivity index (χ2n) is 4.26. The minimum Gasteiger partial charge on any atom is -0.298 e. The average molecular weight is 279 g/mol. The van der Waals surface area contributed by atoms with Gasteiger partial charge in [-0.05, 0) is 24.3 Å². The van der Waals surface area contributed by atoms with Gasteiger partial charge in [-0.1, -0.05) is 24.2 Å². The molecule has 1 aliphatic rings. The van der Waals surface area contributed by atoms with Gasteiger partial charge in [0, 0.05) is 6.42 Å². The number of carbonyl (C=O) groups is 1. The highest BCUT2D eigenvalue weighted by atomic mass is 32.2. The summed E-state index contributed by atoms with van der Waals surface area (Å²) in [6.07, 6.45) is 3.82. The monoisotopic (exact) mass is 279 g/mol. The zero-order valence-corrected chi connectivity index (χ0v) is 11.4. The lowest BCUT2D eigenvalue weighted by molar-refractivity contribution is -0.119. The Morgan fingerprint density at radius 3 is 3.17 bits per heavy atom. The topological polar surface area (TPSA) is 58.6 Å². The Bertz CT molecular complexity index is 535. The third-order valence-electron chi connectivity index (χ3n) is 2.97. The van der Waals surface area contributed by atoms with Crippen LogP contribution < -0.4 is 0 Å². The van der Waals surface area contributed by atoms with E-state index in [2.05, 4.69) is 15.2 Å². The molecule has 0 unspecified atom stereocenters. The van der Waals surface area contributed by atoms with E-state index in [4.69, 9.17) is 0 Å².